The van der Waals surface area contributed by atoms with Crippen molar-refractivity contribution in [3.8, 4) is 0 Å². The van der Waals surface area contributed by atoms with Crippen LogP contribution in [0.15, 0.2) is 24.3 Å². The summed E-state index contributed by atoms with van der Waals surface area (Å²) < 4.78 is 5.04. The van der Waals surface area contributed by atoms with Gasteiger partial charge in [-0.2, -0.15) is 4.79 Å². The van der Waals surface area contributed by atoms with Crippen molar-refractivity contribution < 1.29 is 48.2 Å². The third-order valence-electron chi connectivity index (χ3n) is 5.97. The van der Waals surface area contributed by atoms with Crippen LogP contribution < -0.4 is 32.3 Å². The number of carbonyl (C=O) groups is 7. The number of hydrogen-bond acceptors (Lipinski definition) is 8. The van der Waals surface area contributed by atoms with Crippen molar-refractivity contribution in [2.24, 2.45) is 11.7 Å². The molecule has 0 heterocycles. The number of alkyl carbamates (subject to hydrolysis) is 1. The van der Waals surface area contributed by atoms with Crippen LogP contribution in [0.5, 0.6) is 0 Å². The number of nitrogens with zero attached hydrogens (tertiary/aromatic N) is 2. The lowest BCUT2D eigenvalue weighted by Gasteiger charge is -2.25. The van der Waals surface area contributed by atoms with E-state index in [1.807, 2.05) is 0 Å². The molecule has 6 amide bonds. The molecule has 1 rings (SSSR count). The first kappa shape index (κ1) is 36.7. The molecule has 44 heavy (non-hydrogen) atoms. The minimum absolute atomic E-state index is 0.143. The predicted octanol–water partition coefficient (Wildman–Crippen LogP) is 0.0484. The number of urea groups is 1. The van der Waals surface area contributed by atoms with E-state index >= 15 is 0 Å². The zero-order chi connectivity index (χ0) is 33.2. The number of ether oxygens (including phenoxy) is 1. The summed E-state index contributed by atoms with van der Waals surface area (Å²) in [5.41, 5.74) is 14.3. The highest BCUT2D eigenvalue weighted by Crippen LogP contribution is 2.13. The van der Waals surface area contributed by atoms with Gasteiger partial charge in [0.25, 0.3) is 0 Å². The van der Waals surface area contributed by atoms with Crippen LogP contribution in [-0.4, -0.2) is 82.4 Å². The zero-order valence-corrected chi connectivity index (χ0v) is 24.6. The number of anilines is 1. The summed E-state index contributed by atoms with van der Waals surface area (Å²) in [4.78, 5) is 85.9. The molecule has 0 saturated carbocycles. The predicted molar refractivity (Wildman–Crippen MR) is 155 cm³/mol. The van der Waals surface area contributed by atoms with Crippen LogP contribution in [-0.2, 0) is 35.3 Å². The lowest BCUT2D eigenvalue weighted by molar-refractivity contribution is -0.139. The maximum atomic E-state index is 13.1. The Labute approximate surface area is 253 Å². The van der Waals surface area contributed by atoms with Crippen molar-refractivity contribution >= 4 is 53.5 Å². The lowest BCUT2D eigenvalue weighted by atomic mass is 10.0. The molecule has 0 aliphatic rings. The number of amides is 6. The van der Waals surface area contributed by atoms with E-state index in [1.54, 1.807) is 26.0 Å². The van der Waals surface area contributed by atoms with Crippen molar-refractivity contribution in [3.05, 3.63) is 35.4 Å². The van der Waals surface area contributed by atoms with Gasteiger partial charge in [-0.3, -0.25) is 19.2 Å². The summed E-state index contributed by atoms with van der Waals surface area (Å²) >= 11 is 0. The maximum absolute atomic E-state index is 13.1. The number of ketones is 1. The van der Waals surface area contributed by atoms with Gasteiger partial charge in [0.1, 0.15) is 24.7 Å². The number of primary amides is 1. The highest BCUT2D eigenvalue weighted by Gasteiger charge is 2.28. The first-order valence-corrected chi connectivity index (χ1v) is 13.6. The number of nitrogens with one attached hydrogen (secondary N) is 5. The highest BCUT2D eigenvalue weighted by molar-refractivity contribution is 6.25. The Hall–Kier alpha value is -5.31. The molecule has 0 aromatic heterocycles. The van der Waals surface area contributed by atoms with Gasteiger partial charge in [-0.05, 0) is 42.9 Å². The minimum Gasteiger partial charge on any atom is -0.480 e. The van der Waals surface area contributed by atoms with E-state index in [4.69, 9.17) is 16.0 Å². The lowest BCUT2D eigenvalue weighted by Crippen LogP contribution is -2.54. The van der Waals surface area contributed by atoms with E-state index in [0.29, 0.717) is 23.9 Å². The Bertz CT molecular complexity index is 1250. The van der Waals surface area contributed by atoms with Gasteiger partial charge in [0, 0.05) is 25.6 Å². The van der Waals surface area contributed by atoms with Gasteiger partial charge in [0.2, 0.25) is 23.5 Å². The molecule has 3 atom stereocenters. The molecule has 17 nitrogen and oxygen atoms in total. The number of Topliss-reactive ketones (excluding diaryl/α,β-unsaturated/α-hetero) is 1. The first-order chi connectivity index (χ1) is 20.7. The van der Waals surface area contributed by atoms with Crippen molar-refractivity contribution in [2.45, 2.75) is 71.2 Å². The Kier molecular flexibility index (Phi) is 15.8. The molecule has 1 aromatic carbocycles. The van der Waals surface area contributed by atoms with E-state index in [-0.39, 0.29) is 38.3 Å². The number of carboxylic acid groups (broad SMARTS) is 1. The van der Waals surface area contributed by atoms with Gasteiger partial charge in [-0.25, -0.2) is 14.4 Å². The molecule has 0 spiro atoms. The summed E-state index contributed by atoms with van der Waals surface area (Å²) in [5.74, 6) is -3.80. The minimum atomic E-state index is -1.41. The van der Waals surface area contributed by atoms with Gasteiger partial charge in [-0.1, -0.05) is 26.0 Å². The van der Waals surface area contributed by atoms with Crippen LogP contribution in [0.1, 0.15) is 52.0 Å². The van der Waals surface area contributed by atoms with Crippen LogP contribution in [0.3, 0.4) is 0 Å². The summed E-state index contributed by atoms with van der Waals surface area (Å²) in [6, 6.07) is 2.08. The van der Waals surface area contributed by atoms with Crippen LogP contribution in [0.4, 0.5) is 15.3 Å². The number of rotatable bonds is 18. The van der Waals surface area contributed by atoms with Gasteiger partial charge < -0.3 is 47.7 Å². The number of carboxylic acids is 1. The van der Waals surface area contributed by atoms with E-state index in [0.717, 1.165) is 0 Å². The van der Waals surface area contributed by atoms with Crippen molar-refractivity contribution in [1.82, 2.24) is 21.3 Å². The van der Waals surface area contributed by atoms with Crippen molar-refractivity contribution in [3.63, 3.8) is 0 Å². The molecular formula is C27H38N8O9. The van der Waals surface area contributed by atoms with Gasteiger partial charge >= 0.3 is 24.3 Å². The molecule has 0 bridgehead atoms. The van der Waals surface area contributed by atoms with Gasteiger partial charge in [-0.15, -0.1) is 0 Å². The second-order valence-electron chi connectivity index (χ2n) is 9.96. The second-order valence-corrected chi connectivity index (χ2v) is 9.96. The molecule has 17 heteroatoms. The molecule has 0 radical (unpaired) electrons. The summed E-state index contributed by atoms with van der Waals surface area (Å²) in [6.45, 7) is 4.68. The SMILES string of the molecule is CC(=O)NC(C(=O)NC(CCCNC(N)=O)C(=O)Nc1ccc(COC(=O)NC(CCC(=O)C=[N+]=[N-])C(=O)O)cc1)C(C)C. The molecule has 0 fully saturated rings. The normalized spacial score (nSPS) is 12.4. The number of hydrogen-bond donors (Lipinski definition) is 7. The second kappa shape index (κ2) is 19.0. The van der Waals surface area contributed by atoms with E-state index in [2.05, 4.69) is 31.4 Å². The quantitative estimate of drug-likeness (QED) is 0.0506. The van der Waals surface area contributed by atoms with Gasteiger partial charge in [0.15, 0.2) is 0 Å². The van der Waals surface area contributed by atoms with Crippen LogP contribution in [0, 0.1) is 5.92 Å². The average Bonchev–Trinajstić information content (AvgIpc) is 2.94. The molecular weight excluding hydrogens is 580 g/mol. The summed E-state index contributed by atoms with van der Waals surface area (Å²) in [5, 5.41) is 21.7. The molecule has 8 N–H and O–H groups in total. The maximum Gasteiger partial charge on any atom is 0.408 e. The van der Waals surface area contributed by atoms with Crippen LogP contribution in [0.25, 0.3) is 5.53 Å². The first-order valence-electron chi connectivity index (χ1n) is 13.6. The van der Waals surface area contributed by atoms with Crippen molar-refractivity contribution in [1.29, 1.82) is 0 Å². The van der Waals surface area contributed by atoms with Crippen LogP contribution in [0.2, 0.25) is 0 Å². The standard InChI is InChI=1S/C27H38N8O9/c1-15(2)22(32-16(3)36)24(39)34-20(5-4-12-30-26(28)42)23(38)33-18-8-6-17(7-9-18)14-44-27(43)35-21(25(40)41)11-10-19(37)13-31-29/h6-9,13,15,20-22H,4-5,10-12,14H2,1-3H3,(H,32,36)(H,33,38)(H,34,39)(H,35,43)(H,40,41)(H3,28,30,42). The number of carbonyl (C=O) groups excluding carboxylic acids is 6. The monoisotopic (exact) mass is 618 g/mol. The summed E-state index contributed by atoms with van der Waals surface area (Å²) in [7, 11) is 0. The summed E-state index contributed by atoms with van der Waals surface area (Å²) in [6.07, 6.45) is -0.497. The molecule has 240 valence electrons. The van der Waals surface area contributed by atoms with Gasteiger partial charge in [0.05, 0.1) is 0 Å². The van der Waals surface area contributed by atoms with E-state index in [1.165, 1.54) is 19.1 Å². The van der Waals surface area contributed by atoms with Crippen LogP contribution >= 0.6 is 0 Å². The van der Waals surface area contributed by atoms with E-state index in [9.17, 15) is 38.7 Å². The third-order valence-corrected chi connectivity index (χ3v) is 5.97. The topological polar surface area (TPSA) is 272 Å². The Balaban J connectivity index is 2.81. The smallest absolute Gasteiger partial charge is 0.408 e. The fourth-order valence-electron chi connectivity index (χ4n) is 3.72. The van der Waals surface area contributed by atoms with E-state index < -0.39 is 59.7 Å². The number of benzene rings is 1. The Morgan fingerprint density at radius 1 is 0.977 bits per heavy atom. The molecule has 0 aliphatic heterocycles. The molecule has 0 aliphatic carbocycles. The fourth-order valence-corrected chi connectivity index (χ4v) is 3.72. The largest absolute Gasteiger partial charge is 0.480 e. The molecule has 0 saturated heterocycles. The van der Waals surface area contributed by atoms with Crippen molar-refractivity contribution in [2.75, 3.05) is 11.9 Å². The zero-order valence-electron chi connectivity index (χ0n) is 24.6. The third kappa shape index (κ3) is 14.5. The highest BCUT2D eigenvalue weighted by atomic mass is 16.5. The Morgan fingerprint density at radius 3 is 2.18 bits per heavy atom. The molecule has 3 unspecified atom stereocenters. The fraction of sp³-hybridized carbons (Fsp3) is 0.481. The molecule has 1 aromatic rings. The Morgan fingerprint density at radius 2 is 1.64 bits per heavy atom. The number of aliphatic carboxylic acids is 1. The average molecular weight is 619 g/mol. The number of nitrogens with two attached hydrogens (primary N) is 1.